The summed E-state index contributed by atoms with van der Waals surface area (Å²) in [6, 6.07) is 2.86. The van der Waals surface area contributed by atoms with Gasteiger partial charge in [-0.15, -0.1) is 0 Å². The van der Waals surface area contributed by atoms with Crippen molar-refractivity contribution in [2.24, 2.45) is 5.10 Å². The van der Waals surface area contributed by atoms with Crippen molar-refractivity contribution in [3.63, 3.8) is 0 Å². The molecule has 0 unspecified atom stereocenters. The van der Waals surface area contributed by atoms with Gasteiger partial charge in [0.15, 0.2) is 0 Å². The van der Waals surface area contributed by atoms with Gasteiger partial charge in [-0.2, -0.15) is 5.10 Å². The van der Waals surface area contributed by atoms with E-state index >= 15 is 0 Å². The molecule has 0 amide bonds. The van der Waals surface area contributed by atoms with Gasteiger partial charge in [-0.1, -0.05) is 23.2 Å². The Kier molecular flexibility index (Phi) is 5.78. The van der Waals surface area contributed by atoms with Gasteiger partial charge in [-0.3, -0.25) is 25.7 Å². The Labute approximate surface area is 131 Å². The zero-order valence-electron chi connectivity index (χ0n) is 10.4. The summed E-state index contributed by atoms with van der Waals surface area (Å²) in [5, 5.41) is 32.4. The van der Waals surface area contributed by atoms with Crippen molar-refractivity contribution in [1.29, 1.82) is 0 Å². The number of non-ortho nitro benzene ring substituents is 1. The lowest BCUT2D eigenvalue weighted by Gasteiger charge is -2.01. The fourth-order valence-corrected chi connectivity index (χ4v) is 1.37. The Morgan fingerprint density at radius 3 is 2.41 bits per heavy atom. The molecule has 2 N–H and O–H groups in total. The number of carboxylic acid groups (broad SMARTS) is 1. The van der Waals surface area contributed by atoms with Crippen molar-refractivity contribution in [3.05, 3.63) is 48.5 Å². The Bertz CT molecular complexity index is 703. The Morgan fingerprint density at radius 1 is 1.27 bits per heavy atom. The van der Waals surface area contributed by atoms with Gasteiger partial charge in [0.2, 0.25) is 0 Å². The van der Waals surface area contributed by atoms with E-state index in [1.165, 1.54) is 0 Å². The van der Waals surface area contributed by atoms with E-state index in [1.54, 1.807) is 0 Å². The predicted octanol–water partition coefficient (Wildman–Crippen LogP) is 2.67. The van der Waals surface area contributed by atoms with E-state index in [-0.39, 0.29) is 5.69 Å². The third-order valence-electron chi connectivity index (χ3n) is 2.15. The molecule has 0 saturated carbocycles. The minimum atomic E-state index is -1.47. The van der Waals surface area contributed by atoms with Crippen LogP contribution in [-0.2, 0) is 4.79 Å². The van der Waals surface area contributed by atoms with Crippen molar-refractivity contribution < 1.29 is 19.7 Å². The molecule has 0 spiro atoms. The van der Waals surface area contributed by atoms with Gasteiger partial charge in [0.1, 0.15) is 10.7 Å². The lowest BCUT2D eigenvalue weighted by Crippen LogP contribution is -2.00. The molecule has 0 heterocycles. The third kappa shape index (κ3) is 4.40. The molecule has 22 heavy (non-hydrogen) atoms. The summed E-state index contributed by atoms with van der Waals surface area (Å²) in [7, 11) is 0. The number of allylic oxidation sites excluding steroid dienone is 1. The normalized spacial score (nSPS) is 11.9. The van der Waals surface area contributed by atoms with Crippen LogP contribution in [0.2, 0.25) is 0 Å². The molecule has 0 saturated heterocycles. The van der Waals surface area contributed by atoms with E-state index in [0.717, 1.165) is 24.4 Å². The molecule has 0 radical (unpaired) electrons. The minimum absolute atomic E-state index is 0.150. The minimum Gasteiger partial charge on any atom is -0.477 e. The van der Waals surface area contributed by atoms with E-state index in [1.807, 2.05) is 0 Å². The molecule has 0 aliphatic heterocycles. The summed E-state index contributed by atoms with van der Waals surface area (Å²) < 4.78 is 0. The van der Waals surface area contributed by atoms with Crippen LogP contribution in [0.25, 0.3) is 0 Å². The highest BCUT2D eigenvalue weighted by Gasteiger charge is 2.19. The van der Waals surface area contributed by atoms with E-state index in [4.69, 9.17) is 28.3 Å². The van der Waals surface area contributed by atoms with Crippen LogP contribution in [0.3, 0.4) is 0 Å². The van der Waals surface area contributed by atoms with Crippen molar-refractivity contribution in [2.75, 3.05) is 5.43 Å². The number of nitro benzene ring substituents is 2. The van der Waals surface area contributed by atoms with Crippen molar-refractivity contribution >= 4 is 52.4 Å². The van der Waals surface area contributed by atoms with Crippen LogP contribution in [0.5, 0.6) is 0 Å². The number of carboxylic acids is 1. The number of hydrogen-bond donors (Lipinski definition) is 2. The van der Waals surface area contributed by atoms with Crippen LogP contribution in [0.4, 0.5) is 17.1 Å². The Morgan fingerprint density at radius 2 is 1.91 bits per heavy atom. The molecule has 1 rings (SSSR count). The highest BCUT2D eigenvalue weighted by molar-refractivity contribution is 6.51. The standard InChI is InChI=1S/C10H6Cl2N4O6/c11-6(9(12)10(17)18)4-13-14-7-2-1-5(15(19)20)3-8(7)16(21)22/h1-4,14H,(H,17,18)/b9-6+,13-4+. The molecule has 0 aliphatic rings. The molecule has 0 bridgehead atoms. The first-order valence-electron chi connectivity index (χ1n) is 5.24. The van der Waals surface area contributed by atoms with E-state index in [2.05, 4.69) is 10.5 Å². The first-order chi connectivity index (χ1) is 10.2. The van der Waals surface area contributed by atoms with E-state index < -0.39 is 37.3 Å². The summed E-state index contributed by atoms with van der Waals surface area (Å²) in [4.78, 5) is 30.3. The van der Waals surface area contributed by atoms with Crippen LogP contribution in [0.15, 0.2) is 33.4 Å². The molecule has 116 valence electrons. The van der Waals surface area contributed by atoms with Gasteiger partial charge in [-0.25, -0.2) is 4.79 Å². The number of hydrogen-bond acceptors (Lipinski definition) is 7. The summed E-state index contributed by atoms with van der Waals surface area (Å²) >= 11 is 10.8. The number of nitrogens with zero attached hydrogens (tertiary/aromatic N) is 3. The number of carbonyl (C=O) groups is 1. The topological polar surface area (TPSA) is 148 Å². The number of nitro groups is 2. The highest BCUT2D eigenvalue weighted by Crippen LogP contribution is 2.28. The van der Waals surface area contributed by atoms with Gasteiger partial charge < -0.3 is 5.11 Å². The molecule has 0 atom stereocenters. The molecular formula is C10H6Cl2N4O6. The lowest BCUT2D eigenvalue weighted by atomic mass is 10.2. The molecule has 1 aromatic rings. The largest absolute Gasteiger partial charge is 0.477 e. The van der Waals surface area contributed by atoms with Gasteiger partial charge >= 0.3 is 11.7 Å². The highest BCUT2D eigenvalue weighted by atomic mass is 35.5. The molecule has 0 aromatic heterocycles. The molecular weight excluding hydrogens is 343 g/mol. The lowest BCUT2D eigenvalue weighted by molar-refractivity contribution is -0.393. The SMILES string of the molecule is O=C(O)/C(Cl)=C(Cl)/C=N/Nc1ccc([N+](=O)[O-])cc1[N+](=O)[O-]. The summed E-state index contributed by atoms with van der Waals surface area (Å²) in [5.41, 5.74) is 1.02. The maximum absolute atomic E-state index is 10.8. The van der Waals surface area contributed by atoms with Crippen LogP contribution >= 0.6 is 23.2 Å². The zero-order chi connectivity index (χ0) is 16.9. The smallest absolute Gasteiger partial charge is 0.348 e. The van der Waals surface area contributed by atoms with Crippen molar-refractivity contribution in [1.82, 2.24) is 0 Å². The summed E-state index contributed by atoms with van der Waals surface area (Å²) in [6.07, 6.45) is 0.823. The fourth-order valence-electron chi connectivity index (χ4n) is 1.20. The van der Waals surface area contributed by atoms with Crippen LogP contribution in [0, 0.1) is 20.2 Å². The van der Waals surface area contributed by atoms with E-state index in [9.17, 15) is 25.0 Å². The predicted molar refractivity (Wildman–Crippen MR) is 78.2 cm³/mol. The van der Waals surface area contributed by atoms with Gasteiger partial charge in [0.05, 0.1) is 27.2 Å². The summed E-state index contributed by atoms with van der Waals surface area (Å²) in [5.74, 6) is -1.47. The Hall–Kier alpha value is -2.72. The van der Waals surface area contributed by atoms with Crippen LogP contribution in [-0.4, -0.2) is 27.1 Å². The fraction of sp³-hybridized carbons (Fsp3) is 0. The van der Waals surface area contributed by atoms with Gasteiger partial charge in [-0.05, 0) is 6.07 Å². The average Bonchev–Trinajstić information content (AvgIpc) is 2.45. The molecule has 1 aromatic carbocycles. The quantitative estimate of drug-likeness (QED) is 0.347. The monoisotopic (exact) mass is 348 g/mol. The second-order valence-electron chi connectivity index (χ2n) is 3.55. The average molecular weight is 349 g/mol. The molecule has 12 heteroatoms. The molecule has 0 fully saturated rings. The third-order valence-corrected chi connectivity index (χ3v) is 2.90. The number of aliphatic carboxylic acids is 1. The number of halogens is 2. The second-order valence-corrected chi connectivity index (χ2v) is 4.34. The van der Waals surface area contributed by atoms with Crippen molar-refractivity contribution in [2.45, 2.75) is 0 Å². The van der Waals surface area contributed by atoms with Crippen molar-refractivity contribution in [3.8, 4) is 0 Å². The molecule has 0 aliphatic carbocycles. The molecule has 10 nitrogen and oxygen atoms in total. The van der Waals surface area contributed by atoms with Crippen LogP contribution in [0.1, 0.15) is 0 Å². The van der Waals surface area contributed by atoms with E-state index in [0.29, 0.717) is 0 Å². The maximum Gasteiger partial charge on any atom is 0.348 e. The first kappa shape index (κ1) is 17.3. The number of rotatable bonds is 6. The number of benzene rings is 1. The number of anilines is 1. The zero-order valence-corrected chi connectivity index (χ0v) is 11.9. The van der Waals surface area contributed by atoms with Gasteiger partial charge in [0.25, 0.3) is 5.69 Å². The maximum atomic E-state index is 10.8. The second kappa shape index (κ2) is 7.33. The van der Waals surface area contributed by atoms with Gasteiger partial charge in [0, 0.05) is 6.07 Å². The first-order valence-corrected chi connectivity index (χ1v) is 6.00. The number of nitrogens with one attached hydrogen (secondary N) is 1. The summed E-state index contributed by atoms with van der Waals surface area (Å²) in [6.45, 7) is 0. The number of hydrazone groups is 1. The Balaban J connectivity index is 3.04. The van der Waals surface area contributed by atoms with Crippen LogP contribution < -0.4 is 5.43 Å².